The van der Waals surface area contributed by atoms with Gasteiger partial charge in [-0.3, -0.25) is 0 Å². The Morgan fingerprint density at radius 2 is 1.00 bits per heavy atom. The molecule has 4 atom stereocenters. The normalized spacial score (nSPS) is 20.5. The molecule has 0 aromatic heterocycles. The van der Waals surface area contributed by atoms with Crippen LogP contribution in [0.25, 0.3) is 0 Å². The molecule has 4 unspecified atom stereocenters. The van der Waals surface area contributed by atoms with Gasteiger partial charge in [0.1, 0.15) is 27.9 Å². The number of phenolic OH excluding ortho intramolecular Hbond substituents is 4. The number of allylic oxidation sites excluding steroid dienone is 6. The lowest BCUT2D eigenvalue weighted by Gasteiger charge is -2.32. The lowest BCUT2D eigenvalue weighted by Crippen LogP contribution is -2.20. The number of aromatic hydroxyl groups is 4. The van der Waals surface area contributed by atoms with E-state index in [-0.39, 0.29) is 75.8 Å². The number of hydrogen-bond donors (Lipinski definition) is 4. The van der Waals surface area contributed by atoms with Gasteiger partial charge in [-0.05, 0) is 150 Å². The minimum absolute atomic E-state index is 0.104. The van der Waals surface area contributed by atoms with Crippen LogP contribution in [0.2, 0.25) is 0 Å². The van der Waals surface area contributed by atoms with E-state index in [1.165, 1.54) is 11.1 Å². The third kappa shape index (κ3) is 10.5. The lowest BCUT2D eigenvalue weighted by atomic mass is 9.72. The summed E-state index contributed by atoms with van der Waals surface area (Å²) < 4.78 is 0. The van der Waals surface area contributed by atoms with Crippen molar-refractivity contribution in [3.05, 3.63) is 99.0 Å². The van der Waals surface area contributed by atoms with E-state index in [9.17, 15) is 25.3 Å². The molecule has 0 amide bonds. The van der Waals surface area contributed by atoms with Crippen LogP contribution in [0.1, 0.15) is 154 Å². The highest BCUT2D eigenvalue weighted by Gasteiger charge is 2.33. The van der Waals surface area contributed by atoms with Crippen molar-refractivity contribution >= 4 is 0 Å². The van der Waals surface area contributed by atoms with Gasteiger partial charge in [0.2, 0.25) is 0 Å². The van der Waals surface area contributed by atoms with Crippen LogP contribution < -0.4 is 0 Å². The molecule has 0 radical (unpaired) electrons. The topological polar surface area (TPSA) is 119 Å². The SMILES string of the molecule is C=C(C)C1CCC(C)=CC1c1c(O)cc(C(C)(C)CCCCO[N+](=O)OCCCCC(C)(C)c2cc(O)c(C3C=C(C)CCC3C(=C)C)c(O)c2)cc1O. The van der Waals surface area contributed by atoms with Crippen LogP contribution in [-0.4, -0.2) is 38.7 Å². The third-order valence-corrected chi connectivity index (χ3v) is 12.0. The monoisotopic (exact) mass is 744 g/mol. The fraction of sp³-hybridized carbons (Fsp3) is 0.565. The molecule has 296 valence electrons. The Morgan fingerprint density at radius 1 is 0.667 bits per heavy atom. The van der Waals surface area contributed by atoms with Gasteiger partial charge in [-0.2, -0.15) is 9.68 Å². The first-order valence-electron chi connectivity index (χ1n) is 19.8. The average molecular weight is 745 g/mol. The minimum Gasteiger partial charge on any atom is -0.507 e. The molecule has 2 aliphatic carbocycles. The van der Waals surface area contributed by atoms with E-state index in [1.807, 2.05) is 13.8 Å². The molecule has 0 bridgehead atoms. The molecule has 0 saturated heterocycles. The first-order chi connectivity index (χ1) is 25.3. The second kappa shape index (κ2) is 18.0. The summed E-state index contributed by atoms with van der Waals surface area (Å²) in [6.45, 7) is 25.3. The van der Waals surface area contributed by atoms with E-state index in [0.29, 0.717) is 24.0 Å². The molecule has 8 nitrogen and oxygen atoms in total. The number of phenols is 4. The quantitative estimate of drug-likeness (QED) is 0.0681. The summed E-state index contributed by atoms with van der Waals surface area (Å²) in [7, 11) is 0. The van der Waals surface area contributed by atoms with E-state index < -0.39 is 0 Å². The summed E-state index contributed by atoms with van der Waals surface area (Å²) in [6, 6.07) is 7.14. The largest absolute Gasteiger partial charge is 0.507 e. The van der Waals surface area contributed by atoms with Gasteiger partial charge < -0.3 is 20.4 Å². The number of benzene rings is 2. The second-order valence-corrected chi connectivity index (χ2v) is 17.5. The molecule has 2 aliphatic rings. The summed E-state index contributed by atoms with van der Waals surface area (Å²) in [5.41, 5.74) is 6.84. The highest BCUT2D eigenvalue weighted by atomic mass is 17.0. The number of unbranched alkanes of at least 4 members (excludes halogenated alkanes) is 2. The molecular formula is C46H66NO7+. The van der Waals surface area contributed by atoms with Gasteiger partial charge in [-0.25, -0.2) is 0 Å². The van der Waals surface area contributed by atoms with Gasteiger partial charge in [-0.15, -0.1) is 0 Å². The Balaban J connectivity index is 1.19. The first kappa shape index (κ1) is 42.5. The van der Waals surface area contributed by atoms with Crippen LogP contribution in [0.3, 0.4) is 0 Å². The Morgan fingerprint density at radius 3 is 1.31 bits per heavy atom. The van der Waals surface area contributed by atoms with Gasteiger partial charge in [-0.1, -0.05) is 75.3 Å². The number of hydrogen-bond acceptors (Lipinski definition) is 7. The Kier molecular flexibility index (Phi) is 14.1. The van der Waals surface area contributed by atoms with Crippen molar-refractivity contribution in [1.29, 1.82) is 0 Å². The maximum absolute atomic E-state index is 12.2. The van der Waals surface area contributed by atoms with Crippen molar-refractivity contribution in [2.24, 2.45) is 11.8 Å². The highest BCUT2D eigenvalue weighted by molar-refractivity contribution is 5.54. The molecule has 4 rings (SSSR count). The maximum atomic E-state index is 12.2. The van der Waals surface area contributed by atoms with E-state index >= 15 is 0 Å². The zero-order valence-electron chi connectivity index (χ0n) is 34.1. The van der Waals surface area contributed by atoms with E-state index in [4.69, 9.17) is 9.68 Å². The van der Waals surface area contributed by atoms with Gasteiger partial charge in [0.05, 0.1) is 0 Å². The van der Waals surface area contributed by atoms with Crippen LogP contribution in [0.4, 0.5) is 0 Å². The minimum atomic E-state index is -0.319. The summed E-state index contributed by atoms with van der Waals surface area (Å²) in [4.78, 5) is 22.7. The standard InChI is InChI=1S/C46H65NO7/c1-29(2)35-17-15-31(5)23-37(35)43-39(48)25-33(26-40(43)49)45(7,8)19-11-13-21-53-47(52)54-22-14-12-20-46(9,10)34-27-41(50)44(42(51)28-34)38-24-32(6)16-18-36(38)30(3)4/h23-28,35-38H,1,3,11-22H2,2,4-10H3,(H3-,48,49,50,51)/p+1. The van der Waals surface area contributed by atoms with Crippen molar-refractivity contribution in [3.63, 3.8) is 0 Å². The van der Waals surface area contributed by atoms with Crippen LogP contribution in [-0.2, 0) is 20.5 Å². The van der Waals surface area contributed by atoms with Crippen molar-refractivity contribution in [2.75, 3.05) is 13.2 Å². The Bertz CT molecular complexity index is 1580. The van der Waals surface area contributed by atoms with Crippen LogP contribution in [0.5, 0.6) is 23.0 Å². The molecule has 0 heterocycles. The predicted molar refractivity (Wildman–Crippen MR) is 217 cm³/mol. The van der Waals surface area contributed by atoms with Gasteiger partial charge >= 0.3 is 5.09 Å². The molecule has 8 heteroatoms. The molecule has 0 spiro atoms. The summed E-state index contributed by atoms with van der Waals surface area (Å²) in [5, 5.41) is 44.7. The van der Waals surface area contributed by atoms with Crippen molar-refractivity contribution in [2.45, 2.75) is 142 Å². The van der Waals surface area contributed by atoms with Crippen LogP contribution in [0.15, 0.2) is 71.9 Å². The molecule has 0 saturated carbocycles. The molecule has 0 aliphatic heterocycles. The molecular weight excluding hydrogens is 679 g/mol. The molecule has 2 aromatic rings. The van der Waals surface area contributed by atoms with E-state index in [1.54, 1.807) is 24.3 Å². The first-order valence-corrected chi connectivity index (χ1v) is 19.8. The molecule has 4 N–H and O–H groups in total. The van der Waals surface area contributed by atoms with Crippen molar-refractivity contribution < 1.29 is 35.2 Å². The maximum Gasteiger partial charge on any atom is 0.477 e. The highest BCUT2D eigenvalue weighted by Crippen LogP contribution is 2.49. The van der Waals surface area contributed by atoms with Crippen molar-refractivity contribution in [3.8, 4) is 23.0 Å². The fourth-order valence-electron chi connectivity index (χ4n) is 8.46. The summed E-state index contributed by atoms with van der Waals surface area (Å²) in [6.07, 6.45) is 12.6. The average Bonchev–Trinajstić information content (AvgIpc) is 3.07. The van der Waals surface area contributed by atoms with Gasteiger partial charge in [0.25, 0.3) is 0 Å². The van der Waals surface area contributed by atoms with E-state index in [0.717, 1.165) is 73.6 Å². The lowest BCUT2D eigenvalue weighted by molar-refractivity contribution is -0.981. The van der Waals surface area contributed by atoms with Crippen LogP contribution in [0, 0.1) is 16.7 Å². The fourth-order valence-corrected chi connectivity index (χ4v) is 8.46. The van der Waals surface area contributed by atoms with Crippen molar-refractivity contribution in [1.82, 2.24) is 0 Å². The zero-order valence-corrected chi connectivity index (χ0v) is 34.1. The third-order valence-electron chi connectivity index (χ3n) is 12.0. The van der Waals surface area contributed by atoms with E-state index in [2.05, 4.69) is 66.9 Å². The summed E-state index contributed by atoms with van der Waals surface area (Å²) >= 11 is 0. The van der Waals surface area contributed by atoms with Crippen LogP contribution >= 0.6 is 0 Å². The molecule has 54 heavy (non-hydrogen) atoms. The zero-order chi connectivity index (χ0) is 40.0. The number of nitrogens with zero attached hydrogens (tertiary/aromatic N) is 1. The molecule has 0 fully saturated rings. The summed E-state index contributed by atoms with van der Waals surface area (Å²) in [5.74, 6) is 0.577. The number of rotatable bonds is 18. The Hall–Kier alpha value is -4.20. The second-order valence-electron chi connectivity index (χ2n) is 17.5. The predicted octanol–water partition coefficient (Wildman–Crippen LogP) is 11.8. The van der Waals surface area contributed by atoms with Gasteiger partial charge in [0, 0.05) is 23.0 Å². The Labute approximate surface area is 323 Å². The molecule has 2 aromatic carbocycles. The van der Waals surface area contributed by atoms with Gasteiger partial charge in [0.15, 0.2) is 13.2 Å². The smallest absolute Gasteiger partial charge is 0.477 e.